The quantitative estimate of drug-likeness (QED) is 0.882. The van der Waals surface area contributed by atoms with Gasteiger partial charge in [0.15, 0.2) is 0 Å². The van der Waals surface area contributed by atoms with Crippen LogP contribution < -0.4 is 0 Å². The number of phenolic OH excluding ortho intramolecular Hbond substituents is 1. The Morgan fingerprint density at radius 1 is 1.13 bits per heavy atom. The Kier molecular flexibility index (Phi) is 2.94. The number of likely N-dealkylation sites (tertiary alicyclic amines) is 1. The molecule has 124 valence electrons. The van der Waals surface area contributed by atoms with Gasteiger partial charge in [-0.2, -0.15) is 0 Å². The van der Waals surface area contributed by atoms with Crippen LogP contribution in [-0.2, 0) is 11.8 Å². The highest BCUT2D eigenvalue weighted by Gasteiger charge is 2.63. The smallest absolute Gasteiger partial charge is 0.115 e. The monoisotopic (exact) mass is 313 g/mol. The van der Waals surface area contributed by atoms with Crippen LogP contribution in [0.15, 0.2) is 18.2 Å². The van der Waals surface area contributed by atoms with Crippen LogP contribution in [-0.4, -0.2) is 39.8 Å². The van der Waals surface area contributed by atoms with Gasteiger partial charge in [0.1, 0.15) is 5.75 Å². The maximum absolute atomic E-state index is 11.9. The Morgan fingerprint density at radius 3 is 2.78 bits per heavy atom. The normalized spacial score (nSPS) is 39.6. The highest BCUT2D eigenvalue weighted by Crippen LogP contribution is 2.58. The Bertz CT molecular complexity index is 641. The molecule has 0 amide bonds. The standard InChI is InChI=1S/C20H27NO2/c22-16-6-5-15-11-18-20(23)8-2-1-7-19(20,17(15)12-16)9-10-21(18)13-14-3-4-14/h5-6,12,14,18,22-23H,1-4,7-11,13H2/t18-,19+,20-/m0/s1. The van der Waals surface area contributed by atoms with Crippen LogP contribution in [0.5, 0.6) is 5.75 Å². The van der Waals surface area contributed by atoms with Gasteiger partial charge in [-0.05, 0) is 74.2 Å². The van der Waals surface area contributed by atoms with Crippen LogP contribution in [0.4, 0.5) is 0 Å². The van der Waals surface area contributed by atoms with Crippen molar-refractivity contribution < 1.29 is 10.2 Å². The summed E-state index contributed by atoms with van der Waals surface area (Å²) in [5, 5.41) is 21.9. The summed E-state index contributed by atoms with van der Waals surface area (Å²) in [5.41, 5.74) is 1.89. The van der Waals surface area contributed by atoms with E-state index in [-0.39, 0.29) is 11.5 Å². The molecule has 3 aliphatic carbocycles. The van der Waals surface area contributed by atoms with E-state index >= 15 is 0 Å². The average molecular weight is 313 g/mol. The van der Waals surface area contributed by atoms with E-state index in [1.165, 1.54) is 36.9 Å². The molecule has 3 nitrogen and oxygen atoms in total. The minimum Gasteiger partial charge on any atom is -0.508 e. The van der Waals surface area contributed by atoms with Gasteiger partial charge in [-0.15, -0.1) is 0 Å². The highest BCUT2D eigenvalue weighted by molar-refractivity contribution is 5.48. The summed E-state index contributed by atoms with van der Waals surface area (Å²) >= 11 is 0. The number of phenols is 1. The topological polar surface area (TPSA) is 43.7 Å². The SMILES string of the molecule is Oc1ccc2c(c1)[C@]13CCCC[C@]1(O)[C@H](C2)N(CC1CC1)CC3. The van der Waals surface area contributed by atoms with Crippen LogP contribution in [0.3, 0.4) is 0 Å². The van der Waals surface area contributed by atoms with Crippen LogP contribution in [0.25, 0.3) is 0 Å². The van der Waals surface area contributed by atoms with Gasteiger partial charge >= 0.3 is 0 Å². The number of piperidine rings is 1. The fourth-order valence-electron chi connectivity index (χ4n) is 5.94. The molecule has 2 bridgehead atoms. The van der Waals surface area contributed by atoms with E-state index in [9.17, 15) is 10.2 Å². The Labute approximate surface area is 138 Å². The van der Waals surface area contributed by atoms with Gasteiger partial charge in [0.25, 0.3) is 0 Å². The molecule has 0 aromatic heterocycles. The third-order valence-corrected chi connectivity index (χ3v) is 7.27. The van der Waals surface area contributed by atoms with Crippen LogP contribution in [0, 0.1) is 5.92 Å². The fourth-order valence-corrected chi connectivity index (χ4v) is 5.94. The number of nitrogens with zero attached hydrogens (tertiary/aromatic N) is 1. The number of hydrogen-bond donors (Lipinski definition) is 2. The molecule has 3 fully saturated rings. The summed E-state index contributed by atoms with van der Waals surface area (Å²) in [6, 6.07) is 6.16. The Balaban J connectivity index is 1.64. The number of fused-ring (bicyclic) bond motifs is 1. The lowest BCUT2D eigenvalue weighted by atomic mass is 9.49. The summed E-state index contributed by atoms with van der Waals surface area (Å²) in [5.74, 6) is 1.22. The number of aromatic hydroxyl groups is 1. The Hall–Kier alpha value is -1.06. The molecule has 0 spiro atoms. The first kappa shape index (κ1) is 14.3. The molecular formula is C20H27NO2. The molecule has 5 rings (SSSR count). The van der Waals surface area contributed by atoms with Gasteiger partial charge in [0, 0.05) is 18.0 Å². The third kappa shape index (κ3) is 1.90. The first-order valence-corrected chi connectivity index (χ1v) is 9.41. The highest BCUT2D eigenvalue weighted by atomic mass is 16.3. The number of hydrogen-bond acceptors (Lipinski definition) is 3. The molecule has 1 heterocycles. The van der Waals surface area contributed by atoms with Crippen molar-refractivity contribution in [3.05, 3.63) is 29.3 Å². The van der Waals surface area contributed by atoms with E-state index in [2.05, 4.69) is 11.0 Å². The van der Waals surface area contributed by atoms with E-state index in [1.54, 1.807) is 0 Å². The van der Waals surface area contributed by atoms with E-state index in [4.69, 9.17) is 0 Å². The maximum Gasteiger partial charge on any atom is 0.115 e. The van der Waals surface area contributed by atoms with Crippen molar-refractivity contribution in [3.63, 3.8) is 0 Å². The first-order chi connectivity index (χ1) is 11.1. The molecule has 23 heavy (non-hydrogen) atoms. The zero-order valence-corrected chi connectivity index (χ0v) is 13.8. The predicted octanol–water partition coefficient (Wildman–Crippen LogP) is 2.98. The lowest BCUT2D eigenvalue weighted by Gasteiger charge is -2.64. The van der Waals surface area contributed by atoms with Crippen molar-refractivity contribution in [1.29, 1.82) is 0 Å². The van der Waals surface area contributed by atoms with Crippen molar-refractivity contribution >= 4 is 0 Å². The summed E-state index contributed by atoms with van der Waals surface area (Å²) in [6.07, 6.45) is 9.08. The summed E-state index contributed by atoms with van der Waals surface area (Å²) in [7, 11) is 0. The van der Waals surface area contributed by atoms with Crippen LogP contribution >= 0.6 is 0 Å². The van der Waals surface area contributed by atoms with E-state index in [0.717, 1.165) is 44.6 Å². The molecule has 1 saturated heterocycles. The van der Waals surface area contributed by atoms with Gasteiger partial charge in [-0.1, -0.05) is 18.9 Å². The van der Waals surface area contributed by atoms with Crippen molar-refractivity contribution in [1.82, 2.24) is 4.90 Å². The van der Waals surface area contributed by atoms with Crippen molar-refractivity contribution in [2.24, 2.45) is 5.92 Å². The second-order valence-electron chi connectivity index (χ2n) is 8.46. The van der Waals surface area contributed by atoms with Crippen LogP contribution in [0.1, 0.15) is 56.1 Å². The molecule has 0 unspecified atom stereocenters. The average Bonchev–Trinajstić information content (AvgIpc) is 3.34. The zero-order chi connectivity index (χ0) is 15.7. The lowest BCUT2D eigenvalue weighted by molar-refractivity contribution is -0.166. The lowest BCUT2D eigenvalue weighted by Crippen LogP contribution is -2.72. The fraction of sp³-hybridized carbons (Fsp3) is 0.700. The number of benzene rings is 1. The van der Waals surface area contributed by atoms with Crippen molar-refractivity contribution in [3.8, 4) is 5.75 Å². The van der Waals surface area contributed by atoms with E-state index in [0.29, 0.717) is 5.75 Å². The first-order valence-electron chi connectivity index (χ1n) is 9.41. The minimum atomic E-state index is -0.598. The zero-order valence-electron chi connectivity index (χ0n) is 13.8. The summed E-state index contributed by atoms with van der Waals surface area (Å²) in [6.45, 7) is 2.29. The molecule has 2 N–H and O–H groups in total. The van der Waals surface area contributed by atoms with Crippen LogP contribution in [0.2, 0.25) is 0 Å². The van der Waals surface area contributed by atoms with Crippen molar-refractivity contribution in [2.45, 2.75) is 68.4 Å². The van der Waals surface area contributed by atoms with Gasteiger partial charge in [-0.25, -0.2) is 0 Å². The molecule has 3 atom stereocenters. The third-order valence-electron chi connectivity index (χ3n) is 7.27. The minimum absolute atomic E-state index is 0.123. The summed E-state index contributed by atoms with van der Waals surface area (Å²) < 4.78 is 0. The van der Waals surface area contributed by atoms with Crippen molar-refractivity contribution in [2.75, 3.05) is 13.1 Å². The van der Waals surface area contributed by atoms with E-state index < -0.39 is 5.60 Å². The predicted molar refractivity (Wildman–Crippen MR) is 89.6 cm³/mol. The molecular weight excluding hydrogens is 286 g/mol. The second kappa shape index (κ2) is 4.73. The number of aliphatic hydroxyl groups is 1. The molecule has 1 aromatic carbocycles. The number of rotatable bonds is 2. The van der Waals surface area contributed by atoms with Gasteiger partial charge in [0.05, 0.1) is 5.60 Å². The molecule has 4 aliphatic rings. The summed E-state index contributed by atoms with van der Waals surface area (Å²) in [4.78, 5) is 2.61. The van der Waals surface area contributed by atoms with Gasteiger partial charge in [-0.3, -0.25) is 4.90 Å². The molecule has 2 saturated carbocycles. The molecule has 0 radical (unpaired) electrons. The largest absolute Gasteiger partial charge is 0.508 e. The second-order valence-corrected chi connectivity index (χ2v) is 8.46. The van der Waals surface area contributed by atoms with Gasteiger partial charge in [0.2, 0.25) is 0 Å². The van der Waals surface area contributed by atoms with E-state index in [1.807, 2.05) is 12.1 Å². The Morgan fingerprint density at radius 2 is 1.96 bits per heavy atom. The molecule has 1 aliphatic heterocycles. The molecule has 3 heteroatoms. The maximum atomic E-state index is 11.9. The van der Waals surface area contributed by atoms with Gasteiger partial charge < -0.3 is 10.2 Å². The molecule has 1 aromatic rings.